The molecule has 124 valence electrons. The molecule has 0 radical (unpaired) electrons. The van der Waals surface area contributed by atoms with Crippen LogP contribution in [-0.4, -0.2) is 15.2 Å². The summed E-state index contributed by atoms with van der Waals surface area (Å²) in [6, 6.07) is 13.5. The minimum absolute atomic E-state index is 0.294. The fourth-order valence-corrected chi connectivity index (χ4v) is 2.99. The number of hydrogen-bond donors (Lipinski definition) is 1. The predicted octanol–water partition coefficient (Wildman–Crippen LogP) is 4.61. The number of hydrogen-bond acceptors (Lipinski definition) is 4. The zero-order chi connectivity index (χ0) is 16.9. The molecule has 3 rings (SSSR count). The van der Waals surface area contributed by atoms with Gasteiger partial charge in [-0.2, -0.15) is 4.98 Å². The molecule has 0 saturated carbocycles. The Balaban J connectivity index is 1.55. The molecule has 1 aromatic heterocycles. The van der Waals surface area contributed by atoms with Gasteiger partial charge in [-0.15, -0.1) is 0 Å². The Kier molecular flexibility index (Phi) is 5.30. The molecule has 2 aromatic carbocycles. The summed E-state index contributed by atoms with van der Waals surface area (Å²) < 4.78 is 6.45. The van der Waals surface area contributed by atoms with Gasteiger partial charge in [0.25, 0.3) is 0 Å². The molecule has 5 heteroatoms. The molecular weight excluding hydrogens is 368 g/mol. The fourth-order valence-electron chi connectivity index (χ4n) is 2.58. The average molecular weight is 387 g/mol. The largest absolute Gasteiger partial charge is 0.508 e. The van der Waals surface area contributed by atoms with Gasteiger partial charge >= 0.3 is 0 Å². The highest BCUT2D eigenvalue weighted by Crippen LogP contribution is 2.23. The number of aromatic hydroxyl groups is 1. The Morgan fingerprint density at radius 3 is 2.67 bits per heavy atom. The van der Waals surface area contributed by atoms with Crippen molar-refractivity contribution in [1.82, 2.24) is 10.1 Å². The van der Waals surface area contributed by atoms with Gasteiger partial charge in [0, 0.05) is 17.3 Å². The molecule has 0 spiro atoms. The molecule has 0 bridgehead atoms. The van der Waals surface area contributed by atoms with Crippen LogP contribution in [0.5, 0.6) is 5.75 Å². The van der Waals surface area contributed by atoms with Gasteiger partial charge in [-0.1, -0.05) is 51.4 Å². The second kappa shape index (κ2) is 7.62. The van der Waals surface area contributed by atoms with Crippen LogP contribution in [0.25, 0.3) is 0 Å². The van der Waals surface area contributed by atoms with E-state index in [2.05, 4.69) is 45.1 Å². The molecule has 0 unspecified atom stereocenters. The minimum atomic E-state index is 0.294. The van der Waals surface area contributed by atoms with E-state index in [4.69, 9.17) is 4.52 Å². The van der Waals surface area contributed by atoms with E-state index in [0.717, 1.165) is 29.3 Å². The number of phenols is 1. The lowest BCUT2D eigenvalue weighted by Crippen LogP contribution is -1.95. The highest BCUT2D eigenvalue weighted by atomic mass is 79.9. The first-order chi connectivity index (χ1) is 11.6. The van der Waals surface area contributed by atoms with E-state index in [-0.39, 0.29) is 0 Å². The molecule has 0 aliphatic carbocycles. The smallest absolute Gasteiger partial charge is 0.226 e. The van der Waals surface area contributed by atoms with Crippen LogP contribution in [0.1, 0.15) is 34.8 Å². The van der Waals surface area contributed by atoms with Crippen molar-refractivity contribution in [2.24, 2.45) is 0 Å². The molecule has 3 aromatic rings. The molecule has 24 heavy (non-hydrogen) atoms. The Bertz CT molecular complexity index is 812. The van der Waals surface area contributed by atoms with Gasteiger partial charge in [0.2, 0.25) is 5.89 Å². The summed E-state index contributed by atoms with van der Waals surface area (Å²) in [5.41, 5.74) is 3.55. The molecule has 0 amide bonds. The number of halogens is 1. The molecule has 0 aliphatic rings. The van der Waals surface area contributed by atoms with Crippen molar-refractivity contribution >= 4 is 15.9 Å². The Labute approximate surface area is 149 Å². The van der Waals surface area contributed by atoms with Crippen LogP contribution in [0.15, 0.2) is 51.5 Å². The maximum atomic E-state index is 9.28. The monoisotopic (exact) mass is 386 g/mol. The number of aryl methyl sites for hydroxylation is 3. The van der Waals surface area contributed by atoms with E-state index < -0.39 is 0 Å². The quantitative estimate of drug-likeness (QED) is 0.671. The second-order valence-electron chi connectivity index (χ2n) is 5.85. The third kappa shape index (κ3) is 4.23. The third-order valence-electron chi connectivity index (χ3n) is 3.92. The van der Waals surface area contributed by atoms with E-state index in [1.54, 1.807) is 12.1 Å². The van der Waals surface area contributed by atoms with Gasteiger partial charge in [-0.3, -0.25) is 0 Å². The highest BCUT2D eigenvalue weighted by Gasteiger charge is 2.10. The van der Waals surface area contributed by atoms with Crippen LogP contribution in [0.3, 0.4) is 0 Å². The number of rotatable bonds is 6. The van der Waals surface area contributed by atoms with Gasteiger partial charge in [-0.25, -0.2) is 0 Å². The van der Waals surface area contributed by atoms with Crippen molar-refractivity contribution < 1.29 is 9.63 Å². The molecule has 0 aliphatic heterocycles. The molecule has 4 nitrogen and oxygen atoms in total. The summed E-state index contributed by atoms with van der Waals surface area (Å²) in [7, 11) is 0. The lowest BCUT2D eigenvalue weighted by molar-refractivity contribution is 0.371. The minimum Gasteiger partial charge on any atom is -0.508 e. The summed E-state index contributed by atoms with van der Waals surface area (Å²) in [6.45, 7) is 2.07. The normalized spacial score (nSPS) is 10.9. The van der Waals surface area contributed by atoms with Crippen molar-refractivity contribution in [2.45, 2.75) is 32.6 Å². The summed E-state index contributed by atoms with van der Waals surface area (Å²) in [5.74, 6) is 1.68. The van der Waals surface area contributed by atoms with Crippen LogP contribution < -0.4 is 0 Å². The van der Waals surface area contributed by atoms with Gasteiger partial charge in [0.1, 0.15) is 5.75 Å². The first-order valence-corrected chi connectivity index (χ1v) is 8.74. The predicted molar refractivity (Wildman–Crippen MR) is 96.1 cm³/mol. The first kappa shape index (κ1) is 16.7. The molecule has 1 N–H and O–H groups in total. The fraction of sp³-hybridized carbons (Fsp3) is 0.263. The summed E-state index contributed by atoms with van der Waals surface area (Å²) in [6.07, 6.45) is 3.26. The molecular formula is C19H19BrN2O2. The lowest BCUT2D eigenvalue weighted by atomic mass is 10.1. The van der Waals surface area contributed by atoms with Crippen LogP contribution in [0.4, 0.5) is 0 Å². The van der Waals surface area contributed by atoms with E-state index in [0.29, 0.717) is 23.9 Å². The Morgan fingerprint density at radius 2 is 1.88 bits per heavy atom. The lowest BCUT2D eigenvalue weighted by Gasteiger charge is -2.03. The summed E-state index contributed by atoms with van der Waals surface area (Å²) >= 11 is 3.61. The standard InChI is InChI=1S/C19H19BrN2O2/c1-13-4-2-6-15(19(13)20)12-17-21-18(24-22-17)7-3-5-14-8-10-16(23)11-9-14/h2,4,6,8-11,23H,3,5,7,12H2,1H3. The number of phenolic OH excluding ortho intramolecular Hbond substituents is 1. The Morgan fingerprint density at radius 1 is 1.08 bits per heavy atom. The zero-order valence-corrected chi connectivity index (χ0v) is 15.1. The van der Waals surface area contributed by atoms with Gasteiger partial charge in [0.15, 0.2) is 5.82 Å². The molecule has 0 fully saturated rings. The third-order valence-corrected chi connectivity index (χ3v) is 5.06. The van der Waals surface area contributed by atoms with Crippen molar-refractivity contribution in [2.75, 3.05) is 0 Å². The Hall–Kier alpha value is -2.14. The molecule has 0 atom stereocenters. The van der Waals surface area contributed by atoms with Gasteiger partial charge < -0.3 is 9.63 Å². The highest BCUT2D eigenvalue weighted by molar-refractivity contribution is 9.10. The van der Waals surface area contributed by atoms with Gasteiger partial charge in [0.05, 0.1) is 0 Å². The van der Waals surface area contributed by atoms with E-state index in [1.807, 2.05) is 18.2 Å². The van der Waals surface area contributed by atoms with Crippen LogP contribution in [0, 0.1) is 6.92 Å². The molecule has 0 saturated heterocycles. The number of nitrogens with zero attached hydrogens (tertiary/aromatic N) is 2. The molecule has 1 heterocycles. The van der Waals surface area contributed by atoms with Crippen LogP contribution in [-0.2, 0) is 19.3 Å². The van der Waals surface area contributed by atoms with Crippen LogP contribution in [0.2, 0.25) is 0 Å². The number of aromatic nitrogens is 2. The average Bonchev–Trinajstić information content (AvgIpc) is 3.01. The van der Waals surface area contributed by atoms with E-state index in [9.17, 15) is 5.11 Å². The van der Waals surface area contributed by atoms with E-state index >= 15 is 0 Å². The topological polar surface area (TPSA) is 59.2 Å². The maximum absolute atomic E-state index is 9.28. The second-order valence-corrected chi connectivity index (χ2v) is 6.64. The van der Waals surface area contributed by atoms with Crippen molar-refractivity contribution in [3.05, 3.63) is 75.3 Å². The number of benzene rings is 2. The van der Waals surface area contributed by atoms with Crippen molar-refractivity contribution in [3.63, 3.8) is 0 Å². The summed E-state index contributed by atoms with van der Waals surface area (Å²) in [5, 5.41) is 13.4. The van der Waals surface area contributed by atoms with Gasteiger partial charge in [-0.05, 0) is 48.6 Å². The maximum Gasteiger partial charge on any atom is 0.226 e. The van der Waals surface area contributed by atoms with Crippen molar-refractivity contribution in [3.8, 4) is 5.75 Å². The van der Waals surface area contributed by atoms with E-state index in [1.165, 1.54) is 11.1 Å². The van der Waals surface area contributed by atoms with Crippen LogP contribution >= 0.6 is 15.9 Å². The zero-order valence-electron chi connectivity index (χ0n) is 13.5. The first-order valence-electron chi connectivity index (χ1n) is 7.95. The SMILES string of the molecule is Cc1cccc(Cc2noc(CCCc3ccc(O)cc3)n2)c1Br. The van der Waals surface area contributed by atoms with Crippen molar-refractivity contribution in [1.29, 1.82) is 0 Å². The summed E-state index contributed by atoms with van der Waals surface area (Å²) in [4.78, 5) is 4.48.